The zero-order valence-corrected chi connectivity index (χ0v) is 9.89. The van der Waals surface area contributed by atoms with E-state index in [1.807, 2.05) is 0 Å². The molecule has 1 aromatic heterocycles. The monoisotopic (exact) mass is 235 g/mol. The Morgan fingerprint density at radius 2 is 2.53 bits per heavy atom. The van der Waals surface area contributed by atoms with Crippen molar-refractivity contribution in [3.05, 3.63) is 24.0 Å². The SMILES string of the molecule is CN1CCCC1CNC(=O)c1ccncc1O. The van der Waals surface area contributed by atoms with E-state index in [0.29, 0.717) is 12.6 Å². The van der Waals surface area contributed by atoms with Gasteiger partial charge >= 0.3 is 0 Å². The minimum Gasteiger partial charge on any atom is -0.505 e. The molecular formula is C12H17N3O2. The standard InChI is InChI=1S/C12H17N3O2/c1-15-6-2-3-9(15)7-14-12(17)10-4-5-13-8-11(10)16/h4-5,8-9,16H,2-3,6-7H2,1H3,(H,14,17). The fourth-order valence-corrected chi connectivity index (χ4v) is 2.12. The number of aromatic hydroxyl groups is 1. The average molecular weight is 235 g/mol. The van der Waals surface area contributed by atoms with Gasteiger partial charge in [0, 0.05) is 18.8 Å². The van der Waals surface area contributed by atoms with Gasteiger partial charge in [-0.25, -0.2) is 0 Å². The zero-order chi connectivity index (χ0) is 12.3. The fraction of sp³-hybridized carbons (Fsp3) is 0.500. The van der Waals surface area contributed by atoms with E-state index in [1.54, 1.807) is 0 Å². The van der Waals surface area contributed by atoms with Crippen LogP contribution in [0.25, 0.3) is 0 Å². The molecule has 1 aliphatic heterocycles. The Kier molecular flexibility index (Phi) is 3.58. The van der Waals surface area contributed by atoms with Crippen molar-refractivity contribution in [2.24, 2.45) is 0 Å². The van der Waals surface area contributed by atoms with Crippen LogP contribution in [-0.4, -0.2) is 47.1 Å². The van der Waals surface area contributed by atoms with Crippen molar-refractivity contribution in [3.63, 3.8) is 0 Å². The van der Waals surface area contributed by atoms with Crippen LogP contribution in [0.5, 0.6) is 5.75 Å². The van der Waals surface area contributed by atoms with Gasteiger partial charge in [-0.2, -0.15) is 0 Å². The lowest BCUT2D eigenvalue weighted by Gasteiger charge is -2.19. The first-order valence-electron chi connectivity index (χ1n) is 5.80. The molecule has 17 heavy (non-hydrogen) atoms. The highest BCUT2D eigenvalue weighted by molar-refractivity contribution is 5.96. The molecule has 0 saturated carbocycles. The third-order valence-electron chi connectivity index (χ3n) is 3.21. The van der Waals surface area contributed by atoms with Gasteiger partial charge in [-0.1, -0.05) is 0 Å². The number of pyridine rings is 1. The number of likely N-dealkylation sites (N-methyl/N-ethyl adjacent to an activating group) is 1. The molecule has 1 fully saturated rings. The lowest BCUT2D eigenvalue weighted by molar-refractivity contribution is 0.0941. The maximum atomic E-state index is 11.8. The summed E-state index contributed by atoms with van der Waals surface area (Å²) in [6, 6.07) is 1.92. The lowest BCUT2D eigenvalue weighted by atomic mass is 10.2. The highest BCUT2D eigenvalue weighted by atomic mass is 16.3. The minimum absolute atomic E-state index is 0.0789. The summed E-state index contributed by atoms with van der Waals surface area (Å²) in [5.74, 6) is -0.324. The van der Waals surface area contributed by atoms with E-state index in [0.717, 1.165) is 13.0 Å². The topological polar surface area (TPSA) is 65.5 Å². The number of hydrogen-bond acceptors (Lipinski definition) is 4. The van der Waals surface area contributed by atoms with Gasteiger partial charge in [0.25, 0.3) is 5.91 Å². The number of carbonyl (C=O) groups excluding carboxylic acids is 1. The Labute approximate surface area is 100 Å². The maximum absolute atomic E-state index is 11.8. The van der Waals surface area contributed by atoms with Crippen LogP contribution < -0.4 is 5.32 Å². The number of amides is 1. The summed E-state index contributed by atoms with van der Waals surface area (Å²) >= 11 is 0. The minimum atomic E-state index is -0.245. The summed E-state index contributed by atoms with van der Waals surface area (Å²) in [6.45, 7) is 1.71. The first-order valence-corrected chi connectivity index (χ1v) is 5.80. The van der Waals surface area contributed by atoms with Gasteiger partial charge in [-0.05, 0) is 32.5 Å². The molecule has 1 unspecified atom stereocenters. The van der Waals surface area contributed by atoms with Gasteiger partial charge in [-0.15, -0.1) is 0 Å². The molecule has 5 heteroatoms. The van der Waals surface area contributed by atoms with Crippen LogP contribution in [0, 0.1) is 0 Å². The second kappa shape index (κ2) is 5.14. The molecule has 2 N–H and O–H groups in total. The molecule has 0 aromatic carbocycles. The summed E-state index contributed by atoms with van der Waals surface area (Å²) in [4.78, 5) is 17.8. The Morgan fingerprint density at radius 3 is 3.18 bits per heavy atom. The molecular weight excluding hydrogens is 218 g/mol. The van der Waals surface area contributed by atoms with Gasteiger partial charge in [0.15, 0.2) is 0 Å². The van der Waals surface area contributed by atoms with Crippen molar-refractivity contribution in [2.75, 3.05) is 20.1 Å². The molecule has 92 valence electrons. The first-order chi connectivity index (χ1) is 8.18. The molecule has 2 rings (SSSR count). The molecule has 1 aliphatic rings. The van der Waals surface area contributed by atoms with Gasteiger partial charge in [0.1, 0.15) is 5.75 Å². The van der Waals surface area contributed by atoms with E-state index in [9.17, 15) is 9.90 Å². The number of likely N-dealkylation sites (tertiary alicyclic amines) is 1. The number of nitrogens with one attached hydrogen (secondary N) is 1. The second-order valence-electron chi connectivity index (χ2n) is 4.38. The summed E-state index contributed by atoms with van der Waals surface area (Å²) in [7, 11) is 2.06. The average Bonchev–Trinajstić information content (AvgIpc) is 2.72. The number of hydrogen-bond donors (Lipinski definition) is 2. The zero-order valence-electron chi connectivity index (χ0n) is 9.89. The van der Waals surface area contributed by atoms with Gasteiger partial charge in [-0.3, -0.25) is 9.78 Å². The molecule has 1 aromatic rings. The van der Waals surface area contributed by atoms with Gasteiger partial charge in [0.05, 0.1) is 11.8 Å². The number of rotatable bonds is 3. The van der Waals surface area contributed by atoms with Crippen LogP contribution in [0.3, 0.4) is 0 Å². The molecule has 0 radical (unpaired) electrons. The van der Waals surface area contributed by atoms with Crippen LogP contribution in [0.15, 0.2) is 18.5 Å². The van der Waals surface area contributed by atoms with Gasteiger partial charge in [0.2, 0.25) is 0 Å². The van der Waals surface area contributed by atoms with E-state index in [1.165, 1.54) is 24.9 Å². The number of carbonyl (C=O) groups is 1. The van der Waals surface area contributed by atoms with Crippen molar-refractivity contribution < 1.29 is 9.90 Å². The van der Waals surface area contributed by atoms with Crippen LogP contribution in [0.2, 0.25) is 0 Å². The highest BCUT2D eigenvalue weighted by Crippen LogP contribution is 2.15. The number of aromatic nitrogens is 1. The highest BCUT2D eigenvalue weighted by Gasteiger charge is 2.21. The van der Waals surface area contributed by atoms with E-state index in [4.69, 9.17) is 0 Å². The predicted octanol–water partition coefficient (Wildman–Crippen LogP) is 0.611. The lowest BCUT2D eigenvalue weighted by Crippen LogP contribution is -2.38. The van der Waals surface area contributed by atoms with Crippen LogP contribution in [0.1, 0.15) is 23.2 Å². The fourth-order valence-electron chi connectivity index (χ4n) is 2.12. The first kappa shape index (κ1) is 11.9. The molecule has 1 atom stereocenters. The van der Waals surface area contributed by atoms with Crippen LogP contribution in [0.4, 0.5) is 0 Å². The van der Waals surface area contributed by atoms with E-state index in [2.05, 4.69) is 22.2 Å². The number of nitrogens with zero attached hydrogens (tertiary/aromatic N) is 2. The summed E-state index contributed by atoms with van der Waals surface area (Å²) in [5, 5.41) is 12.3. The van der Waals surface area contributed by atoms with E-state index < -0.39 is 0 Å². The van der Waals surface area contributed by atoms with Crippen LogP contribution >= 0.6 is 0 Å². The summed E-state index contributed by atoms with van der Waals surface area (Å²) < 4.78 is 0. The maximum Gasteiger partial charge on any atom is 0.255 e. The Bertz CT molecular complexity index is 408. The molecule has 0 bridgehead atoms. The Morgan fingerprint density at radius 1 is 1.71 bits per heavy atom. The van der Waals surface area contributed by atoms with Crippen molar-refractivity contribution in [3.8, 4) is 5.75 Å². The van der Waals surface area contributed by atoms with E-state index in [-0.39, 0.29) is 17.2 Å². The predicted molar refractivity (Wildman–Crippen MR) is 63.9 cm³/mol. The van der Waals surface area contributed by atoms with Crippen molar-refractivity contribution in [1.82, 2.24) is 15.2 Å². The normalized spacial score (nSPS) is 20.4. The van der Waals surface area contributed by atoms with Crippen LogP contribution in [-0.2, 0) is 0 Å². The third kappa shape index (κ3) is 2.74. The van der Waals surface area contributed by atoms with E-state index >= 15 is 0 Å². The molecule has 0 spiro atoms. The third-order valence-corrected chi connectivity index (χ3v) is 3.21. The van der Waals surface area contributed by atoms with Crippen molar-refractivity contribution >= 4 is 5.91 Å². The quantitative estimate of drug-likeness (QED) is 0.805. The van der Waals surface area contributed by atoms with Gasteiger partial charge < -0.3 is 15.3 Å². The molecule has 5 nitrogen and oxygen atoms in total. The molecule has 1 amide bonds. The largest absolute Gasteiger partial charge is 0.505 e. The van der Waals surface area contributed by atoms with Crippen molar-refractivity contribution in [2.45, 2.75) is 18.9 Å². The second-order valence-corrected chi connectivity index (χ2v) is 4.38. The Balaban J connectivity index is 1.91. The smallest absolute Gasteiger partial charge is 0.255 e. The van der Waals surface area contributed by atoms with Crippen molar-refractivity contribution in [1.29, 1.82) is 0 Å². The molecule has 0 aliphatic carbocycles. The summed E-state index contributed by atoms with van der Waals surface area (Å²) in [6.07, 6.45) is 5.06. The molecule has 1 saturated heterocycles. The summed E-state index contributed by atoms with van der Waals surface area (Å²) in [5.41, 5.74) is 0.278. The molecule has 2 heterocycles. The Hall–Kier alpha value is -1.62.